The Morgan fingerprint density at radius 1 is 1.44 bits per heavy atom. The molecule has 0 aromatic carbocycles. The van der Waals surface area contributed by atoms with Crippen LogP contribution in [0, 0.1) is 10.1 Å². The van der Waals surface area contributed by atoms with Crippen molar-refractivity contribution in [2.24, 2.45) is 0 Å². The van der Waals surface area contributed by atoms with Crippen molar-refractivity contribution in [2.45, 2.75) is 38.8 Å². The molecular formula is C15H20N6O4. The van der Waals surface area contributed by atoms with E-state index >= 15 is 0 Å². The van der Waals surface area contributed by atoms with Crippen LogP contribution in [-0.4, -0.2) is 50.3 Å². The van der Waals surface area contributed by atoms with Gasteiger partial charge in [-0.1, -0.05) is 9.61 Å². The molecular weight excluding hydrogens is 328 g/mol. The fraction of sp³-hybridized carbons (Fsp3) is 0.533. The fourth-order valence-electron chi connectivity index (χ4n) is 2.71. The van der Waals surface area contributed by atoms with Gasteiger partial charge in [-0.25, -0.2) is 9.78 Å². The summed E-state index contributed by atoms with van der Waals surface area (Å²) in [6.07, 6.45) is 1.47. The molecule has 2 aromatic heterocycles. The van der Waals surface area contributed by atoms with Crippen LogP contribution in [-0.2, 0) is 4.74 Å². The molecule has 134 valence electrons. The molecule has 0 unspecified atom stereocenters. The second-order valence-corrected chi connectivity index (χ2v) is 6.91. The first-order chi connectivity index (χ1) is 11.7. The molecule has 1 fully saturated rings. The van der Waals surface area contributed by atoms with Gasteiger partial charge in [0.25, 0.3) is 0 Å². The summed E-state index contributed by atoms with van der Waals surface area (Å²) in [5, 5.41) is 18.2. The Morgan fingerprint density at radius 3 is 2.88 bits per heavy atom. The topological polar surface area (TPSA) is 115 Å². The number of ether oxygens (including phenoxy) is 1. The Kier molecular flexibility index (Phi) is 4.19. The van der Waals surface area contributed by atoms with Gasteiger partial charge in [0.05, 0.1) is 6.04 Å². The summed E-state index contributed by atoms with van der Waals surface area (Å²) >= 11 is 0. The third-order valence-corrected chi connectivity index (χ3v) is 3.75. The van der Waals surface area contributed by atoms with E-state index in [0.717, 1.165) is 6.42 Å². The smallest absolute Gasteiger partial charge is 0.407 e. The molecule has 3 rings (SSSR count). The number of imidazole rings is 1. The molecule has 1 N–H and O–H groups in total. The molecule has 25 heavy (non-hydrogen) atoms. The number of rotatable bonds is 3. The number of amides is 1. The van der Waals surface area contributed by atoms with Gasteiger partial charge >= 0.3 is 11.9 Å². The summed E-state index contributed by atoms with van der Waals surface area (Å²) in [5.41, 5.74) is -0.131. The highest BCUT2D eigenvalue weighted by atomic mass is 16.6. The highest BCUT2D eigenvalue weighted by molar-refractivity contribution is 5.68. The molecule has 0 saturated carbocycles. The number of nitrogens with one attached hydrogen (secondary N) is 1. The van der Waals surface area contributed by atoms with Gasteiger partial charge in [0.15, 0.2) is 5.82 Å². The first-order valence-electron chi connectivity index (χ1n) is 7.96. The number of aromatic nitrogens is 3. The van der Waals surface area contributed by atoms with E-state index < -0.39 is 16.6 Å². The number of fused-ring (bicyclic) bond motifs is 1. The highest BCUT2D eigenvalue weighted by Gasteiger charge is 2.28. The van der Waals surface area contributed by atoms with Gasteiger partial charge in [0.1, 0.15) is 11.8 Å². The molecule has 10 nitrogen and oxygen atoms in total. The minimum Gasteiger partial charge on any atom is -0.444 e. The predicted octanol–water partition coefficient (Wildman–Crippen LogP) is 1.74. The molecule has 1 atom stereocenters. The monoisotopic (exact) mass is 348 g/mol. The van der Waals surface area contributed by atoms with Gasteiger partial charge < -0.3 is 25.1 Å². The van der Waals surface area contributed by atoms with E-state index in [1.165, 1.54) is 10.7 Å². The minimum absolute atomic E-state index is 0.0647. The lowest BCUT2D eigenvalue weighted by molar-refractivity contribution is -0.391. The molecule has 1 saturated heterocycles. The van der Waals surface area contributed by atoms with Crippen molar-refractivity contribution < 1.29 is 14.5 Å². The number of carbonyl (C=O) groups is 1. The number of nitro groups is 1. The Bertz CT molecular complexity index is 812. The van der Waals surface area contributed by atoms with E-state index in [0.29, 0.717) is 24.6 Å². The van der Waals surface area contributed by atoms with Crippen molar-refractivity contribution in [3.8, 4) is 0 Å². The second-order valence-electron chi connectivity index (χ2n) is 6.91. The summed E-state index contributed by atoms with van der Waals surface area (Å²) in [4.78, 5) is 28.3. The Balaban J connectivity index is 1.69. The molecule has 0 radical (unpaired) electrons. The molecule has 1 aliphatic heterocycles. The maximum atomic E-state index is 11.9. The van der Waals surface area contributed by atoms with E-state index in [1.54, 1.807) is 12.1 Å². The van der Waals surface area contributed by atoms with Gasteiger partial charge in [0, 0.05) is 19.2 Å². The maximum Gasteiger partial charge on any atom is 0.407 e. The number of alkyl carbamates (subject to hydrolysis) is 1. The lowest BCUT2D eigenvalue weighted by atomic mass is 10.2. The number of nitrogens with zero attached hydrogens (tertiary/aromatic N) is 5. The Morgan fingerprint density at radius 2 is 2.20 bits per heavy atom. The van der Waals surface area contributed by atoms with E-state index in [1.807, 2.05) is 25.7 Å². The standard InChI is InChI=1S/C15H20N6O4/c1-15(2,3)25-14(22)17-10-6-7-19(9-10)12-5-4-11-16-8-13(21(23)24)20(11)18-12/h4-5,8,10H,6-7,9H2,1-3H3,(H,17,22)/t10-/m0/s1. The lowest BCUT2D eigenvalue weighted by Crippen LogP contribution is -2.40. The van der Waals surface area contributed by atoms with Crippen molar-refractivity contribution in [1.82, 2.24) is 19.9 Å². The minimum atomic E-state index is -0.546. The zero-order valence-corrected chi connectivity index (χ0v) is 14.3. The van der Waals surface area contributed by atoms with Crippen LogP contribution in [0.3, 0.4) is 0 Å². The van der Waals surface area contributed by atoms with Crippen LogP contribution in [0.4, 0.5) is 16.4 Å². The molecule has 0 bridgehead atoms. The van der Waals surface area contributed by atoms with Crippen LogP contribution < -0.4 is 10.2 Å². The molecule has 1 aliphatic rings. The largest absolute Gasteiger partial charge is 0.444 e. The first kappa shape index (κ1) is 16.9. The van der Waals surface area contributed by atoms with E-state index in [4.69, 9.17) is 4.74 Å². The summed E-state index contributed by atoms with van der Waals surface area (Å²) in [6, 6.07) is 3.39. The van der Waals surface area contributed by atoms with Crippen LogP contribution in [0.1, 0.15) is 27.2 Å². The lowest BCUT2D eigenvalue weighted by Gasteiger charge is -2.22. The number of anilines is 1. The third-order valence-electron chi connectivity index (χ3n) is 3.75. The van der Waals surface area contributed by atoms with E-state index in [9.17, 15) is 14.9 Å². The predicted molar refractivity (Wildman–Crippen MR) is 89.6 cm³/mol. The summed E-state index contributed by atoms with van der Waals surface area (Å²) in [6.45, 7) is 6.67. The summed E-state index contributed by atoms with van der Waals surface area (Å²) < 4.78 is 6.47. The average Bonchev–Trinajstić information content (AvgIpc) is 3.10. The highest BCUT2D eigenvalue weighted by Crippen LogP contribution is 2.21. The van der Waals surface area contributed by atoms with Crippen LogP contribution in [0.25, 0.3) is 5.65 Å². The molecule has 0 aliphatic carbocycles. The first-order valence-corrected chi connectivity index (χ1v) is 7.96. The molecule has 2 aromatic rings. The molecule has 10 heteroatoms. The number of hydrogen-bond donors (Lipinski definition) is 1. The van der Waals surface area contributed by atoms with Crippen molar-refractivity contribution in [1.29, 1.82) is 0 Å². The normalized spacial score (nSPS) is 17.7. The zero-order valence-electron chi connectivity index (χ0n) is 14.3. The number of hydrogen-bond acceptors (Lipinski definition) is 7. The fourth-order valence-corrected chi connectivity index (χ4v) is 2.71. The maximum absolute atomic E-state index is 11.9. The van der Waals surface area contributed by atoms with Crippen LogP contribution in [0.2, 0.25) is 0 Å². The van der Waals surface area contributed by atoms with Gasteiger partial charge in [0.2, 0.25) is 5.65 Å². The molecule has 0 spiro atoms. The molecule has 1 amide bonds. The van der Waals surface area contributed by atoms with E-state index in [2.05, 4.69) is 15.4 Å². The van der Waals surface area contributed by atoms with Crippen LogP contribution in [0.15, 0.2) is 18.3 Å². The van der Waals surface area contributed by atoms with Crippen molar-refractivity contribution >= 4 is 23.4 Å². The van der Waals surface area contributed by atoms with Gasteiger partial charge in [-0.3, -0.25) is 0 Å². The van der Waals surface area contributed by atoms with Crippen molar-refractivity contribution in [2.75, 3.05) is 18.0 Å². The van der Waals surface area contributed by atoms with E-state index in [-0.39, 0.29) is 11.9 Å². The van der Waals surface area contributed by atoms with Crippen molar-refractivity contribution in [3.05, 3.63) is 28.4 Å². The zero-order chi connectivity index (χ0) is 18.2. The number of carbonyl (C=O) groups excluding carboxylic acids is 1. The second kappa shape index (κ2) is 6.19. The SMILES string of the molecule is CC(C)(C)OC(=O)N[C@H]1CCN(c2ccc3ncc([N+](=O)[O-])n3n2)C1. The average molecular weight is 348 g/mol. The van der Waals surface area contributed by atoms with Gasteiger partial charge in [-0.15, -0.1) is 0 Å². The van der Waals surface area contributed by atoms with Crippen LogP contribution >= 0.6 is 0 Å². The Labute approximate surface area is 143 Å². The quantitative estimate of drug-likeness (QED) is 0.663. The van der Waals surface area contributed by atoms with Gasteiger partial charge in [-0.05, 0) is 38.2 Å². The summed E-state index contributed by atoms with van der Waals surface area (Å²) in [5.74, 6) is 0.418. The summed E-state index contributed by atoms with van der Waals surface area (Å²) in [7, 11) is 0. The third kappa shape index (κ3) is 3.78. The van der Waals surface area contributed by atoms with Crippen LogP contribution in [0.5, 0.6) is 0 Å². The van der Waals surface area contributed by atoms with Gasteiger partial charge in [-0.2, -0.15) is 0 Å². The van der Waals surface area contributed by atoms with Crippen molar-refractivity contribution in [3.63, 3.8) is 0 Å². The Hall–Kier alpha value is -2.91. The molecule has 3 heterocycles.